The molecule has 0 radical (unpaired) electrons. The molecule has 1 atom stereocenters. The van der Waals surface area contributed by atoms with Gasteiger partial charge in [0.1, 0.15) is 11.9 Å². The SMILES string of the molecule is CC(C(=O)Nc1cc(C(F)(F)F)ccc1Cl)n1cc(F)ccc1=O. The lowest BCUT2D eigenvalue weighted by atomic mass is 10.2. The highest BCUT2D eigenvalue weighted by Gasteiger charge is 2.31. The molecule has 0 fully saturated rings. The van der Waals surface area contributed by atoms with Gasteiger partial charge in [0.2, 0.25) is 5.91 Å². The Morgan fingerprint density at radius 2 is 1.92 bits per heavy atom. The summed E-state index contributed by atoms with van der Waals surface area (Å²) in [6.45, 7) is 1.30. The molecular weight excluding hydrogens is 352 g/mol. The molecule has 0 spiro atoms. The summed E-state index contributed by atoms with van der Waals surface area (Å²) >= 11 is 5.79. The average Bonchev–Trinajstić information content (AvgIpc) is 2.50. The lowest BCUT2D eigenvalue weighted by Crippen LogP contribution is -2.31. The van der Waals surface area contributed by atoms with Crippen LogP contribution in [0.3, 0.4) is 0 Å². The minimum atomic E-state index is -4.60. The van der Waals surface area contributed by atoms with Crippen molar-refractivity contribution in [2.45, 2.75) is 19.1 Å². The topological polar surface area (TPSA) is 51.1 Å². The van der Waals surface area contributed by atoms with Crippen molar-refractivity contribution in [2.24, 2.45) is 0 Å². The van der Waals surface area contributed by atoms with E-state index in [1.807, 2.05) is 0 Å². The van der Waals surface area contributed by atoms with Gasteiger partial charge in [-0.05, 0) is 31.2 Å². The van der Waals surface area contributed by atoms with Gasteiger partial charge in [0.15, 0.2) is 0 Å². The van der Waals surface area contributed by atoms with Crippen LogP contribution in [0.25, 0.3) is 0 Å². The van der Waals surface area contributed by atoms with Crippen LogP contribution in [0, 0.1) is 5.82 Å². The first kappa shape index (κ1) is 18.0. The lowest BCUT2D eigenvalue weighted by molar-refractivity contribution is -0.137. The van der Waals surface area contributed by atoms with Crippen LogP contribution < -0.4 is 10.9 Å². The van der Waals surface area contributed by atoms with Crippen molar-refractivity contribution in [1.82, 2.24) is 4.57 Å². The second-order valence-electron chi connectivity index (χ2n) is 4.95. The molecule has 9 heteroatoms. The van der Waals surface area contributed by atoms with Gasteiger partial charge in [0.25, 0.3) is 5.56 Å². The smallest absolute Gasteiger partial charge is 0.323 e. The number of rotatable bonds is 3. The van der Waals surface area contributed by atoms with E-state index in [0.29, 0.717) is 6.07 Å². The largest absolute Gasteiger partial charge is 0.416 e. The fourth-order valence-electron chi connectivity index (χ4n) is 1.94. The molecule has 0 aliphatic rings. The maximum absolute atomic E-state index is 13.2. The number of aromatic nitrogens is 1. The number of alkyl halides is 3. The molecule has 0 aliphatic carbocycles. The van der Waals surface area contributed by atoms with Crippen LogP contribution in [-0.2, 0) is 11.0 Å². The van der Waals surface area contributed by atoms with Crippen LogP contribution in [0.5, 0.6) is 0 Å². The monoisotopic (exact) mass is 362 g/mol. The number of amides is 1. The number of nitrogens with zero attached hydrogens (tertiary/aromatic N) is 1. The number of nitrogens with one attached hydrogen (secondary N) is 1. The Bertz CT molecular complexity index is 833. The molecule has 0 aliphatic heterocycles. The van der Waals surface area contributed by atoms with Crippen molar-refractivity contribution in [2.75, 3.05) is 5.32 Å². The van der Waals surface area contributed by atoms with Crippen molar-refractivity contribution in [3.05, 3.63) is 63.3 Å². The predicted molar refractivity (Wildman–Crippen MR) is 80.5 cm³/mol. The Morgan fingerprint density at radius 3 is 2.54 bits per heavy atom. The molecule has 1 heterocycles. The summed E-state index contributed by atoms with van der Waals surface area (Å²) in [6, 6.07) is 3.18. The van der Waals surface area contributed by atoms with Gasteiger partial charge in [-0.3, -0.25) is 9.59 Å². The second-order valence-corrected chi connectivity index (χ2v) is 5.36. The zero-order valence-corrected chi connectivity index (χ0v) is 13.0. The molecule has 1 N–H and O–H groups in total. The molecule has 0 bridgehead atoms. The molecule has 0 saturated carbocycles. The summed E-state index contributed by atoms with van der Waals surface area (Å²) < 4.78 is 52.2. The number of anilines is 1. The number of carbonyl (C=O) groups excluding carboxylic acids is 1. The fourth-order valence-corrected chi connectivity index (χ4v) is 2.10. The third kappa shape index (κ3) is 3.94. The molecule has 2 aromatic rings. The van der Waals surface area contributed by atoms with Gasteiger partial charge in [-0.1, -0.05) is 11.6 Å². The van der Waals surface area contributed by atoms with E-state index in [-0.39, 0.29) is 10.7 Å². The zero-order valence-electron chi connectivity index (χ0n) is 12.2. The summed E-state index contributed by atoms with van der Waals surface area (Å²) in [4.78, 5) is 23.8. The van der Waals surface area contributed by atoms with Crippen LogP contribution in [0.15, 0.2) is 41.3 Å². The van der Waals surface area contributed by atoms with Gasteiger partial charge >= 0.3 is 6.18 Å². The van der Waals surface area contributed by atoms with E-state index in [0.717, 1.165) is 35.0 Å². The van der Waals surface area contributed by atoms with E-state index in [9.17, 15) is 27.2 Å². The Balaban J connectivity index is 2.29. The molecule has 1 aromatic heterocycles. The van der Waals surface area contributed by atoms with E-state index in [1.54, 1.807) is 0 Å². The van der Waals surface area contributed by atoms with Gasteiger partial charge in [-0.25, -0.2) is 4.39 Å². The zero-order chi connectivity index (χ0) is 18.1. The van der Waals surface area contributed by atoms with Crippen LogP contribution in [0.2, 0.25) is 5.02 Å². The average molecular weight is 363 g/mol. The number of halogens is 5. The first-order valence-electron chi connectivity index (χ1n) is 6.65. The van der Waals surface area contributed by atoms with E-state index >= 15 is 0 Å². The highest BCUT2D eigenvalue weighted by molar-refractivity contribution is 6.33. The van der Waals surface area contributed by atoms with E-state index < -0.39 is 35.1 Å². The van der Waals surface area contributed by atoms with Gasteiger partial charge in [0.05, 0.1) is 16.3 Å². The number of hydrogen-bond donors (Lipinski definition) is 1. The minimum Gasteiger partial charge on any atom is -0.323 e. The van der Waals surface area contributed by atoms with Gasteiger partial charge in [-0.15, -0.1) is 0 Å². The molecule has 24 heavy (non-hydrogen) atoms. The maximum Gasteiger partial charge on any atom is 0.416 e. The normalized spacial score (nSPS) is 12.8. The molecular formula is C15H11ClF4N2O2. The number of hydrogen-bond acceptors (Lipinski definition) is 2. The van der Waals surface area contributed by atoms with E-state index in [1.165, 1.54) is 6.92 Å². The maximum atomic E-state index is 13.2. The number of carbonyl (C=O) groups is 1. The van der Waals surface area contributed by atoms with E-state index in [2.05, 4.69) is 5.32 Å². The molecule has 0 saturated heterocycles. The summed E-state index contributed by atoms with van der Waals surface area (Å²) in [5, 5.41) is 2.11. The summed E-state index contributed by atoms with van der Waals surface area (Å²) in [5.74, 6) is -1.55. The van der Waals surface area contributed by atoms with Crippen molar-refractivity contribution < 1.29 is 22.4 Å². The molecule has 1 unspecified atom stereocenters. The molecule has 4 nitrogen and oxygen atoms in total. The quantitative estimate of drug-likeness (QED) is 0.843. The molecule has 1 aromatic carbocycles. The fraction of sp³-hybridized carbons (Fsp3) is 0.200. The van der Waals surface area contributed by atoms with Crippen molar-refractivity contribution in [1.29, 1.82) is 0 Å². The number of pyridine rings is 1. The van der Waals surface area contributed by atoms with Crippen LogP contribution >= 0.6 is 11.6 Å². The first-order chi connectivity index (χ1) is 11.1. The standard InChI is InChI=1S/C15H11ClF4N2O2/c1-8(22-7-10(17)3-5-13(22)23)14(24)21-12-6-9(15(18,19)20)2-4-11(12)16/h2-8H,1H3,(H,21,24). The van der Waals surface area contributed by atoms with Gasteiger partial charge in [0, 0.05) is 12.3 Å². The third-order valence-corrected chi connectivity index (χ3v) is 3.58. The van der Waals surface area contributed by atoms with Crippen LogP contribution in [0.4, 0.5) is 23.2 Å². The summed E-state index contributed by atoms with van der Waals surface area (Å²) in [6.07, 6.45) is -3.77. The second kappa shape index (κ2) is 6.64. The first-order valence-corrected chi connectivity index (χ1v) is 7.02. The minimum absolute atomic E-state index is 0.102. The van der Waals surface area contributed by atoms with Crippen molar-refractivity contribution in [3.8, 4) is 0 Å². The lowest BCUT2D eigenvalue weighted by Gasteiger charge is -2.16. The molecule has 2 rings (SSSR count). The van der Waals surface area contributed by atoms with Crippen LogP contribution in [-0.4, -0.2) is 10.5 Å². The highest BCUT2D eigenvalue weighted by atomic mass is 35.5. The van der Waals surface area contributed by atoms with Gasteiger partial charge < -0.3 is 9.88 Å². The highest BCUT2D eigenvalue weighted by Crippen LogP contribution is 2.34. The van der Waals surface area contributed by atoms with Crippen molar-refractivity contribution in [3.63, 3.8) is 0 Å². The summed E-state index contributed by atoms with van der Waals surface area (Å²) in [5.41, 5.74) is -1.88. The predicted octanol–water partition coefficient (Wildman–Crippen LogP) is 3.86. The molecule has 128 valence electrons. The Labute approximate surface area is 138 Å². The summed E-state index contributed by atoms with van der Waals surface area (Å²) in [7, 11) is 0. The number of benzene rings is 1. The Hall–Kier alpha value is -2.35. The van der Waals surface area contributed by atoms with Gasteiger partial charge in [-0.2, -0.15) is 13.2 Å². The van der Waals surface area contributed by atoms with E-state index in [4.69, 9.17) is 11.6 Å². The third-order valence-electron chi connectivity index (χ3n) is 3.25. The Morgan fingerprint density at radius 1 is 1.25 bits per heavy atom. The van der Waals surface area contributed by atoms with Crippen LogP contribution in [0.1, 0.15) is 18.5 Å². The Kier molecular flexibility index (Phi) is 4.98. The van der Waals surface area contributed by atoms with Crippen molar-refractivity contribution >= 4 is 23.2 Å². The molecule has 1 amide bonds.